The standard InChI is InChI=1S/C27H46O4SSi/c1-20-11-13-22(14-12-20)32(28,29)30-19-17-21(2)23-15-16-24-25(10-9-18-27(23,24)6)31-33(7,8)26(3,4)5/h11-14,21,23-25H,9-10,15-19H2,1-8H3/t21-,23?,24?,25-,27+/m0/s1. The van der Waals surface area contributed by atoms with Crippen LogP contribution in [0.1, 0.15) is 78.7 Å². The van der Waals surface area contributed by atoms with Crippen LogP contribution >= 0.6 is 0 Å². The average Bonchev–Trinajstić information content (AvgIpc) is 3.05. The summed E-state index contributed by atoms with van der Waals surface area (Å²) in [4.78, 5) is 0.242. The Balaban J connectivity index is 1.62. The van der Waals surface area contributed by atoms with Crippen LogP contribution in [0.15, 0.2) is 29.2 Å². The molecule has 0 aromatic heterocycles. The second kappa shape index (κ2) is 9.75. The van der Waals surface area contributed by atoms with Crippen molar-refractivity contribution in [1.29, 1.82) is 0 Å². The molecule has 3 rings (SSSR count). The fourth-order valence-electron chi connectivity index (χ4n) is 6.11. The lowest BCUT2D eigenvalue weighted by molar-refractivity contribution is -0.0219. The molecule has 33 heavy (non-hydrogen) atoms. The van der Waals surface area contributed by atoms with Crippen LogP contribution in [0.2, 0.25) is 18.1 Å². The summed E-state index contributed by atoms with van der Waals surface area (Å²) >= 11 is 0. The van der Waals surface area contributed by atoms with Crippen molar-refractivity contribution >= 4 is 18.4 Å². The van der Waals surface area contributed by atoms with E-state index in [1.807, 2.05) is 19.1 Å². The number of aryl methyl sites for hydroxylation is 1. The van der Waals surface area contributed by atoms with Gasteiger partial charge in [0.15, 0.2) is 8.32 Å². The molecule has 5 atom stereocenters. The molecule has 2 fully saturated rings. The molecule has 0 heterocycles. The Labute approximate surface area is 204 Å². The molecule has 0 radical (unpaired) electrons. The van der Waals surface area contributed by atoms with Crippen molar-refractivity contribution in [1.82, 2.24) is 0 Å². The molecular weight excluding hydrogens is 448 g/mol. The molecule has 6 heteroatoms. The van der Waals surface area contributed by atoms with Gasteiger partial charge in [-0.2, -0.15) is 8.42 Å². The maximum absolute atomic E-state index is 12.6. The number of hydrogen-bond donors (Lipinski definition) is 0. The van der Waals surface area contributed by atoms with Crippen LogP contribution in [-0.4, -0.2) is 29.4 Å². The van der Waals surface area contributed by atoms with E-state index in [4.69, 9.17) is 8.61 Å². The van der Waals surface area contributed by atoms with Gasteiger partial charge in [-0.25, -0.2) is 0 Å². The Hall–Kier alpha value is -0.693. The first-order chi connectivity index (χ1) is 15.2. The van der Waals surface area contributed by atoms with Crippen molar-refractivity contribution in [2.24, 2.45) is 23.2 Å². The molecule has 0 amide bonds. The van der Waals surface area contributed by atoms with E-state index in [1.165, 1.54) is 32.1 Å². The predicted octanol–water partition coefficient (Wildman–Crippen LogP) is 7.33. The van der Waals surface area contributed by atoms with Gasteiger partial charge >= 0.3 is 0 Å². The molecule has 188 valence electrons. The highest BCUT2D eigenvalue weighted by Gasteiger charge is 2.54. The van der Waals surface area contributed by atoms with Gasteiger partial charge in [0, 0.05) is 6.10 Å². The molecule has 1 aromatic carbocycles. The van der Waals surface area contributed by atoms with E-state index in [2.05, 4.69) is 47.7 Å². The Kier molecular flexibility index (Phi) is 7.95. The summed E-state index contributed by atoms with van der Waals surface area (Å²) in [5.41, 5.74) is 1.32. The van der Waals surface area contributed by atoms with Crippen molar-refractivity contribution in [2.45, 2.75) is 109 Å². The molecule has 0 saturated heterocycles. The zero-order valence-electron chi connectivity index (χ0n) is 22.1. The van der Waals surface area contributed by atoms with Crippen molar-refractivity contribution in [3.8, 4) is 0 Å². The van der Waals surface area contributed by atoms with Gasteiger partial charge in [0.1, 0.15) is 0 Å². The monoisotopic (exact) mass is 494 g/mol. The first-order valence-electron chi connectivity index (χ1n) is 12.8. The van der Waals surface area contributed by atoms with Gasteiger partial charge in [0.2, 0.25) is 0 Å². The minimum atomic E-state index is -3.69. The van der Waals surface area contributed by atoms with Crippen molar-refractivity contribution in [3.63, 3.8) is 0 Å². The molecule has 0 aliphatic heterocycles. The summed E-state index contributed by atoms with van der Waals surface area (Å²) in [6.45, 7) is 18.7. The molecule has 2 aliphatic rings. The van der Waals surface area contributed by atoms with Gasteiger partial charge in [-0.3, -0.25) is 4.18 Å². The third-order valence-electron chi connectivity index (χ3n) is 9.20. The summed E-state index contributed by atoms with van der Waals surface area (Å²) in [6.07, 6.45) is 7.26. The topological polar surface area (TPSA) is 52.6 Å². The van der Waals surface area contributed by atoms with Gasteiger partial charge in [-0.05, 0) is 92.5 Å². The Morgan fingerprint density at radius 3 is 2.36 bits per heavy atom. The molecule has 4 nitrogen and oxygen atoms in total. The predicted molar refractivity (Wildman–Crippen MR) is 138 cm³/mol. The highest BCUT2D eigenvalue weighted by Crippen LogP contribution is 2.59. The zero-order chi connectivity index (χ0) is 24.7. The average molecular weight is 495 g/mol. The number of hydrogen-bond acceptors (Lipinski definition) is 4. The Morgan fingerprint density at radius 2 is 1.76 bits per heavy atom. The lowest BCUT2D eigenvalue weighted by atomic mass is 9.61. The second-order valence-electron chi connectivity index (χ2n) is 12.5. The number of rotatable bonds is 8. The second-order valence-corrected chi connectivity index (χ2v) is 18.8. The maximum atomic E-state index is 12.6. The van der Waals surface area contributed by atoms with Crippen LogP contribution in [0.25, 0.3) is 0 Å². The first-order valence-corrected chi connectivity index (χ1v) is 17.1. The van der Waals surface area contributed by atoms with Gasteiger partial charge in [0.05, 0.1) is 11.5 Å². The maximum Gasteiger partial charge on any atom is 0.296 e. The highest BCUT2D eigenvalue weighted by molar-refractivity contribution is 7.86. The fraction of sp³-hybridized carbons (Fsp3) is 0.778. The van der Waals surface area contributed by atoms with Gasteiger partial charge < -0.3 is 4.43 Å². The van der Waals surface area contributed by atoms with Gasteiger partial charge in [0.25, 0.3) is 10.1 Å². The van der Waals surface area contributed by atoms with Crippen molar-refractivity contribution in [2.75, 3.05) is 6.61 Å². The molecule has 0 N–H and O–H groups in total. The van der Waals surface area contributed by atoms with Gasteiger partial charge in [-0.1, -0.05) is 58.7 Å². The molecule has 2 unspecified atom stereocenters. The Bertz CT molecular complexity index is 903. The van der Waals surface area contributed by atoms with Crippen LogP contribution in [0, 0.1) is 30.1 Å². The van der Waals surface area contributed by atoms with Crippen LogP contribution in [-0.2, 0) is 18.7 Å². The van der Waals surface area contributed by atoms with Crippen LogP contribution < -0.4 is 0 Å². The van der Waals surface area contributed by atoms with E-state index in [9.17, 15) is 8.42 Å². The van der Waals surface area contributed by atoms with Crippen molar-refractivity contribution in [3.05, 3.63) is 29.8 Å². The lowest BCUT2D eigenvalue weighted by Gasteiger charge is -2.50. The van der Waals surface area contributed by atoms with Crippen LogP contribution in [0.4, 0.5) is 0 Å². The summed E-state index contributed by atoms with van der Waals surface area (Å²) in [7, 11) is -5.49. The minimum Gasteiger partial charge on any atom is -0.414 e. The van der Waals surface area contributed by atoms with Crippen LogP contribution in [0.5, 0.6) is 0 Å². The lowest BCUT2D eigenvalue weighted by Crippen LogP contribution is -2.50. The molecule has 2 saturated carbocycles. The van der Waals surface area contributed by atoms with Crippen LogP contribution in [0.3, 0.4) is 0 Å². The largest absolute Gasteiger partial charge is 0.414 e. The van der Waals surface area contributed by atoms with E-state index in [-0.39, 0.29) is 22.0 Å². The molecule has 2 aliphatic carbocycles. The van der Waals surface area contributed by atoms with E-state index in [0.29, 0.717) is 23.9 Å². The van der Waals surface area contributed by atoms with E-state index in [1.54, 1.807) is 12.1 Å². The molecule has 0 bridgehead atoms. The SMILES string of the molecule is Cc1ccc(S(=O)(=O)OCC[C@H](C)C2CCC3[C@@H](O[Si](C)(C)C(C)(C)C)CCC[C@@]32C)cc1. The summed E-state index contributed by atoms with van der Waals surface area (Å²) < 4.78 is 37.5. The van der Waals surface area contributed by atoms with E-state index < -0.39 is 18.4 Å². The summed E-state index contributed by atoms with van der Waals surface area (Å²) in [5.74, 6) is 1.64. The normalized spacial score (nSPS) is 29.6. The van der Waals surface area contributed by atoms with E-state index >= 15 is 0 Å². The zero-order valence-corrected chi connectivity index (χ0v) is 23.9. The number of benzene rings is 1. The smallest absolute Gasteiger partial charge is 0.296 e. The Morgan fingerprint density at radius 1 is 1.12 bits per heavy atom. The van der Waals surface area contributed by atoms with E-state index in [0.717, 1.165) is 12.0 Å². The summed E-state index contributed by atoms with van der Waals surface area (Å²) in [5, 5.41) is 0.229. The first kappa shape index (κ1) is 26.9. The summed E-state index contributed by atoms with van der Waals surface area (Å²) in [6, 6.07) is 6.87. The van der Waals surface area contributed by atoms with Crippen molar-refractivity contribution < 1.29 is 17.0 Å². The molecule has 0 spiro atoms. The quantitative estimate of drug-likeness (QED) is 0.280. The number of fused-ring (bicyclic) bond motifs is 1. The van der Waals surface area contributed by atoms with Gasteiger partial charge in [-0.15, -0.1) is 0 Å². The molecule has 1 aromatic rings. The molecular formula is C27H46O4SSi. The highest BCUT2D eigenvalue weighted by atomic mass is 32.2. The fourth-order valence-corrected chi connectivity index (χ4v) is 8.42. The third-order valence-corrected chi connectivity index (χ3v) is 15.0. The third kappa shape index (κ3) is 5.76. The minimum absolute atomic E-state index is 0.229.